The van der Waals surface area contributed by atoms with E-state index in [1.54, 1.807) is 0 Å². The van der Waals surface area contributed by atoms with Crippen LogP contribution in [-0.4, -0.2) is 11.9 Å². The fraction of sp³-hybridized carbons (Fsp3) is 1.00. The van der Waals surface area contributed by atoms with Crippen LogP contribution < -0.4 is 0 Å². The molecule has 0 aliphatic heterocycles. The van der Waals surface area contributed by atoms with Gasteiger partial charge in [-0.15, -0.1) is 0 Å². The average Bonchev–Trinajstić information content (AvgIpc) is 2.19. The van der Waals surface area contributed by atoms with E-state index < -0.39 is 0 Å². The van der Waals surface area contributed by atoms with Crippen molar-refractivity contribution in [2.75, 3.05) is 0 Å². The molecule has 84 valence electrons. The van der Waals surface area contributed by atoms with Gasteiger partial charge in [-0.1, -0.05) is 65.2 Å². The van der Waals surface area contributed by atoms with Gasteiger partial charge in [0.05, 0.1) is 0 Å². The number of hydrogen-bond donors (Lipinski definition) is 1. The average molecular weight is 198 g/mol. The molecule has 0 atom stereocenters. The number of unbranched alkanes of at least 4 members (excludes halogenated alkanes) is 6. The maximum atomic E-state index is 9.65. The second-order valence-electron chi connectivity index (χ2n) is 4.35. The molecule has 0 aliphatic carbocycles. The van der Waals surface area contributed by atoms with Crippen molar-refractivity contribution < 1.29 is 5.02 Å². The molecule has 0 aromatic rings. The van der Waals surface area contributed by atoms with Crippen molar-refractivity contribution in [3.05, 3.63) is 0 Å². The van der Waals surface area contributed by atoms with E-state index in [-0.39, 0.29) is 6.92 Å². The van der Waals surface area contributed by atoms with Gasteiger partial charge in [-0.05, 0) is 12.6 Å². The van der Waals surface area contributed by atoms with Gasteiger partial charge in [0.2, 0.25) is 0 Å². The Morgan fingerprint density at radius 3 is 1.50 bits per heavy atom. The lowest BCUT2D eigenvalue weighted by atomic mass is 9.60. The minimum Gasteiger partial charge on any atom is -0.450 e. The molecule has 0 heterocycles. The third kappa shape index (κ3) is 10.1. The van der Waals surface area contributed by atoms with Gasteiger partial charge in [-0.3, -0.25) is 0 Å². The van der Waals surface area contributed by atoms with E-state index >= 15 is 0 Å². The first-order valence-corrected chi connectivity index (χ1v) is 6.49. The van der Waals surface area contributed by atoms with Crippen molar-refractivity contribution in [2.45, 2.75) is 77.9 Å². The second-order valence-corrected chi connectivity index (χ2v) is 4.35. The van der Waals surface area contributed by atoms with Crippen LogP contribution in [0.2, 0.25) is 12.6 Å². The quantitative estimate of drug-likeness (QED) is 0.413. The largest absolute Gasteiger partial charge is 0.450 e. The lowest BCUT2D eigenvalue weighted by Gasteiger charge is -2.05. The van der Waals surface area contributed by atoms with E-state index in [1.165, 1.54) is 51.4 Å². The molecule has 14 heavy (non-hydrogen) atoms. The SMILES string of the molecule is CCCCCCB(O)CCCCCC. The number of rotatable bonds is 10. The molecule has 0 spiro atoms. The van der Waals surface area contributed by atoms with Crippen molar-refractivity contribution in [3.8, 4) is 0 Å². The number of hydrogen-bond acceptors (Lipinski definition) is 1. The zero-order chi connectivity index (χ0) is 10.6. The smallest absolute Gasteiger partial charge is 0.288 e. The molecule has 1 nitrogen and oxygen atoms in total. The van der Waals surface area contributed by atoms with E-state index in [0.717, 1.165) is 12.6 Å². The van der Waals surface area contributed by atoms with Gasteiger partial charge in [-0.2, -0.15) is 0 Å². The predicted octanol–water partition coefficient (Wildman–Crippen LogP) is 4.13. The summed E-state index contributed by atoms with van der Waals surface area (Å²) >= 11 is 0. The molecule has 0 fully saturated rings. The van der Waals surface area contributed by atoms with Crippen LogP contribution in [0.5, 0.6) is 0 Å². The van der Waals surface area contributed by atoms with Crippen LogP contribution >= 0.6 is 0 Å². The van der Waals surface area contributed by atoms with Crippen molar-refractivity contribution in [2.24, 2.45) is 0 Å². The molecule has 2 heteroatoms. The van der Waals surface area contributed by atoms with Gasteiger partial charge in [-0.25, -0.2) is 0 Å². The van der Waals surface area contributed by atoms with Gasteiger partial charge in [0.25, 0.3) is 6.92 Å². The highest BCUT2D eigenvalue weighted by atomic mass is 16.2. The lowest BCUT2D eigenvalue weighted by molar-refractivity contribution is 0.546. The summed E-state index contributed by atoms with van der Waals surface area (Å²) in [5.74, 6) is 0. The van der Waals surface area contributed by atoms with Gasteiger partial charge < -0.3 is 5.02 Å². The minimum absolute atomic E-state index is 0.0243. The standard InChI is InChI=1S/C12H27BO/c1-3-5-7-9-11-13(14)12-10-8-6-4-2/h14H,3-12H2,1-2H3. The summed E-state index contributed by atoms with van der Waals surface area (Å²) in [5, 5.41) is 9.65. The second kappa shape index (κ2) is 11.1. The maximum Gasteiger partial charge on any atom is 0.288 e. The third-order valence-corrected chi connectivity index (χ3v) is 2.78. The zero-order valence-corrected chi connectivity index (χ0v) is 10.1. The van der Waals surface area contributed by atoms with Gasteiger partial charge in [0.15, 0.2) is 0 Å². The highest BCUT2D eigenvalue weighted by Crippen LogP contribution is 2.11. The van der Waals surface area contributed by atoms with E-state index in [0.29, 0.717) is 0 Å². The summed E-state index contributed by atoms with van der Waals surface area (Å²) in [6.45, 7) is 4.42. The molecular formula is C12H27BO. The summed E-state index contributed by atoms with van der Waals surface area (Å²) in [4.78, 5) is 0. The normalized spacial score (nSPS) is 10.5. The summed E-state index contributed by atoms with van der Waals surface area (Å²) in [7, 11) is 0. The van der Waals surface area contributed by atoms with Crippen molar-refractivity contribution in [1.29, 1.82) is 0 Å². The summed E-state index contributed by atoms with van der Waals surface area (Å²) < 4.78 is 0. The Hall–Kier alpha value is 0.0249. The first-order chi connectivity index (χ1) is 6.81. The molecule has 0 saturated heterocycles. The summed E-state index contributed by atoms with van der Waals surface area (Å²) in [5.41, 5.74) is 0. The van der Waals surface area contributed by atoms with Crippen LogP contribution in [-0.2, 0) is 0 Å². The molecular weight excluding hydrogens is 171 g/mol. The van der Waals surface area contributed by atoms with Crippen LogP contribution in [0.15, 0.2) is 0 Å². The van der Waals surface area contributed by atoms with Crippen molar-refractivity contribution >= 4 is 6.92 Å². The van der Waals surface area contributed by atoms with E-state index in [1.807, 2.05) is 0 Å². The molecule has 0 radical (unpaired) electrons. The molecule has 0 aromatic heterocycles. The Labute approximate surface area is 90.4 Å². The summed E-state index contributed by atoms with van der Waals surface area (Å²) in [6.07, 6.45) is 12.3. The molecule has 0 amide bonds. The maximum absolute atomic E-state index is 9.65. The van der Waals surface area contributed by atoms with E-state index in [2.05, 4.69) is 13.8 Å². The monoisotopic (exact) mass is 198 g/mol. The zero-order valence-electron chi connectivity index (χ0n) is 10.1. The van der Waals surface area contributed by atoms with E-state index in [9.17, 15) is 5.02 Å². The van der Waals surface area contributed by atoms with Crippen LogP contribution in [0, 0.1) is 0 Å². The van der Waals surface area contributed by atoms with Gasteiger partial charge >= 0.3 is 0 Å². The molecule has 0 aromatic carbocycles. The van der Waals surface area contributed by atoms with Crippen LogP contribution in [0.25, 0.3) is 0 Å². The molecule has 0 aliphatic rings. The Kier molecular flexibility index (Phi) is 11.1. The van der Waals surface area contributed by atoms with Crippen molar-refractivity contribution in [3.63, 3.8) is 0 Å². The minimum atomic E-state index is -0.0243. The highest BCUT2D eigenvalue weighted by Gasteiger charge is 2.08. The Bertz CT molecular complexity index is 94.5. The first kappa shape index (κ1) is 14.0. The first-order valence-electron chi connectivity index (χ1n) is 6.49. The van der Waals surface area contributed by atoms with Crippen molar-refractivity contribution in [1.82, 2.24) is 0 Å². The van der Waals surface area contributed by atoms with Gasteiger partial charge in [0, 0.05) is 0 Å². The molecule has 0 bridgehead atoms. The van der Waals surface area contributed by atoms with Crippen LogP contribution in [0.4, 0.5) is 0 Å². The predicted molar refractivity (Wildman–Crippen MR) is 65.9 cm³/mol. The molecule has 0 unspecified atom stereocenters. The lowest BCUT2D eigenvalue weighted by Crippen LogP contribution is -2.10. The van der Waals surface area contributed by atoms with E-state index in [4.69, 9.17) is 0 Å². The topological polar surface area (TPSA) is 20.2 Å². The van der Waals surface area contributed by atoms with Gasteiger partial charge in [0.1, 0.15) is 0 Å². The van der Waals surface area contributed by atoms with Crippen LogP contribution in [0.1, 0.15) is 65.2 Å². The Balaban J connectivity index is 3.07. The fourth-order valence-corrected chi connectivity index (χ4v) is 1.76. The molecule has 0 saturated carbocycles. The molecule has 1 N–H and O–H groups in total. The molecule has 0 rings (SSSR count). The Morgan fingerprint density at radius 1 is 0.714 bits per heavy atom. The fourth-order valence-electron chi connectivity index (χ4n) is 1.76. The Morgan fingerprint density at radius 2 is 1.14 bits per heavy atom. The van der Waals surface area contributed by atoms with Crippen LogP contribution in [0.3, 0.4) is 0 Å². The summed E-state index contributed by atoms with van der Waals surface area (Å²) in [6, 6.07) is 0. The highest BCUT2D eigenvalue weighted by molar-refractivity contribution is 6.50. The third-order valence-electron chi connectivity index (χ3n) is 2.78.